The summed E-state index contributed by atoms with van der Waals surface area (Å²) in [6.45, 7) is 1.50. The van der Waals surface area contributed by atoms with Crippen molar-refractivity contribution in [3.05, 3.63) is 53.9 Å². The zero-order valence-corrected chi connectivity index (χ0v) is 17.7. The lowest BCUT2D eigenvalue weighted by Gasteiger charge is -2.11. The third-order valence-electron chi connectivity index (χ3n) is 5.43. The van der Waals surface area contributed by atoms with Gasteiger partial charge in [0.15, 0.2) is 11.3 Å². The molecule has 2 aromatic heterocycles. The highest BCUT2D eigenvalue weighted by molar-refractivity contribution is 7.91. The maximum atomic E-state index is 13.5. The smallest absolute Gasteiger partial charge is 0.208 e. The maximum absolute atomic E-state index is 13.5. The van der Waals surface area contributed by atoms with E-state index in [1.54, 1.807) is 18.3 Å². The van der Waals surface area contributed by atoms with Gasteiger partial charge in [-0.3, -0.25) is 0 Å². The number of nitrogens with one attached hydrogen (secondary N) is 1. The Labute approximate surface area is 174 Å². The molecule has 3 heterocycles. The Balaban J connectivity index is 0.00000205. The normalized spacial score (nSPS) is 14.0. The zero-order chi connectivity index (χ0) is 19.5. The fourth-order valence-electron chi connectivity index (χ4n) is 4.00. The van der Waals surface area contributed by atoms with Crippen LogP contribution in [0.5, 0.6) is 5.75 Å². The van der Waals surface area contributed by atoms with Crippen LogP contribution in [0.3, 0.4) is 0 Å². The number of benzene rings is 2. The van der Waals surface area contributed by atoms with E-state index >= 15 is 0 Å². The molecule has 4 aromatic rings. The fraction of sp³-hybridized carbons (Fsp3) is 0.238. The van der Waals surface area contributed by atoms with Crippen molar-refractivity contribution in [3.63, 3.8) is 0 Å². The molecule has 0 spiro atoms. The van der Waals surface area contributed by atoms with E-state index in [1.807, 2.05) is 35.9 Å². The number of hydrogen-bond donors (Lipinski definition) is 1. The molecular formula is C21H21ClN2O4S. The van der Waals surface area contributed by atoms with Crippen LogP contribution in [0.15, 0.2) is 56.8 Å². The first-order valence-corrected chi connectivity index (χ1v) is 10.6. The summed E-state index contributed by atoms with van der Waals surface area (Å²) in [7, 11) is -0.355. The molecule has 5 rings (SSSR count). The van der Waals surface area contributed by atoms with E-state index < -0.39 is 9.84 Å². The molecule has 0 amide bonds. The molecule has 0 aliphatic carbocycles. The summed E-state index contributed by atoms with van der Waals surface area (Å²) in [5, 5.41) is 4.82. The average molecular weight is 433 g/mol. The molecule has 2 aromatic carbocycles. The number of nitrogens with zero attached hydrogens (tertiary/aromatic N) is 1. The summed E-state index contributed by atoms with van der Waals surface area (Å²) in [6, 6.07) is 10.8. The fourth-order valence-corrected chi connectivity index (χ4v) is 5.55. The lowest BCUT2D eigenvalue weighted by Crippen LogP contribution is -2.22. The van der Waals surface area contributed by atoms with Crippen LogP contribution < -0.4 is 10.1 Å². The highest BCUT2D eigenvalue weighted by Crippen LogP contribution is 2.39. The van der Waals surface area contributed by atoms with Crippen LogP contribution in [0.2, 0.25) is 0 Å². The van der Waals surface area contributed by atoms with Gasteiger partial charge < -0.3 is 19.0 Å². The highest BCUT2D eigenvalue weighted by Gasteiger charge is 2.27. The number of aromatic nitrogens is 1. The molecule has 0 unspecified atom stereocenters. The lowest BCUT2D eigenvalue weighted by atomic mass is 10.1. The van der Waals surface area contributed by atoms with Gasteiger partial charge in [-0.2, -0.15) is 0 Å². The summed E-state index contributed by atoms with van der Waals surface area (Å²) in [4.78, 5) is 0.505. The molecule has 0 fully saturated rings. The van der Waals surface area contributed by atoms with E-state index in [0.29, 0.717) is 28.2 Å². The number of sulfone groups is 1. The van der Waals surface area contributed by atoms with Crippen molar-refractivity contribution in [2.75, 3.05) is 13.7 Å². The van der Waals surface area contributed by atoms with Crippen LogP contribution >= 0.6 is 12.4 Å². The molecule has 1 N–H and O–H groups in total. The highest BCUT2D eigenvalue weighted by atomic mass is 35.5. The number of hydrogen-bond acceptors (Lipinski definition) is 5. The molecular weight excluding hydrogens is 412 g/mol. The summed E-state index contributed by atoms with van der Waals surface area (Å²) >= 11 is 0. The van der Waals surface area contributed by atoms with Crippen molar-refractivity contribution >= 4 is 44.1 Å². The summed E-state index contributed by atoms with van der Waals surface area (Å²) in [5.41, 5.74) is 2.49. The van der Waals surface area contributed by atoms with Crippen molar-refractivity contribution in [2.24, 2.45) is 7.05 Å². The van der Waals surface area contributed by atoms with Gasteiger partial charge in [-0.25, -0.2) is 8.42 Å². The number of rotatable bonds is 3. The Morgan fingerprint density at radius 2 is 1.97 bits per heavy atom. The number of fused-ring (bicyclic) bond motifs is 4. The quantitative estimate of drug-likeness (QED) is 0.532. The minimum Gasteiger partial charge on any atom is -0.493 e. The molecule has 0 atom stereocenters. The molecule has 0 radical (unpaired) electrons. The largest absolute Gasteiger partial charge is 0.493 e. The molecule has 0 saturated heterocycles. The predicted octanol–water partition coefficient (Wildman–Crippen LogP) is 3.83. The number of aryl methyl sites for hydroxylation is 1. The van der Waals surface area contributed by atoms with Gasteiger partial charge in [-0.05, 0) is 12.1 Å². The maximum Gasteiger partial charge on any atom is 0.208 e. The van der Waals surface area contributed by atoms with Gasteiger partial charge in [0.1, 0.15) is 5.76 Å². The third kappa shape index (κ3) is 2.92. The van der Waals surface area contributed by atoms with E-state index in [9.17, 15) is 8.42 Å². The van der Waals surface area contributed by atoms with Crippen molar-refractivity contribution in [2.45, 2.75) is 22.8 Å². The first-order chi connectivity index (χ1) is 13.5. The Hall–Kier alpha value is -2.48. The molecule has 8 heteroatoms. The number of furan rings is 1. The topological polar surface area (TPSA) is 73.5 Å². The Morgan fingerprint density at radius 1 is 1.17 bits per heavy atom. The van der Waals surface area contributed by atoms with Crippen LogP contribution in [0, 0.1) is 0 Å². The monoisotopic (exact) mass is 432 g/mol. The number of methoxy groups -OCH3 is 1. The second kappa shape index (κ2) is 7.09. The van der Waals surface area contributed by atoms with Crippen molar-refractivity contribution in [1.82, 2.24) is 9.88 Å². The SMILES string of the molecule is COc1cc(S(=O)(=O)c2cn(C)c3ccccc23)cc2c3c(oc12)CCNC3.Cl. The van der Waals surface area contributed by atoms with Crippen molar-refractivity contribution in [1.29, 1.82) is 0 Å². The summed E-state index contributed by atoms with van der Waals surface area (Å²) in [5.74, 6) is 1.33. The molecule has 0 bridgehead atoms. The van der Waals surface area contributed by atoms with Crippen LogP contribution in [0.25, 0.3) is 21.9 Å². The van der Waals surface area contributed by atoms with Gasteiger partial charge in [-0.1, -0.05) is 18.2 Å². The van der Waals surface area contributed by atoms with Gasteiger partial charge in [-0.15, -0.1) is 12.4 Å². The Kier molecular flexibility index (Phi) is 4.85. The Bertz CT molecular complexity index is 1340. The summed E-state index contributed by atoms with van der Waals surface area (Å²) < 4.78 is 40.4. The van der Waals surface area contributed by atoms with Gasteiger partial charge in [0.05, 0.1) is 16.9 Å². The van der Waals surface area contributed by atoms with Gasteiger partial charge in [0, 0.05) is 60.7 Å². The minimum absolute atomic E-state index is 0. The van der Waals surface area contributed by atoms with E-state index in [4.69, 9.17) is 9.15 Å². The minimum atomic E-state index is -3.74. The van der Waals surface area contributed by atoms with Gasteiger partial charge in [0.25, 0.3) is 0 Å². The van der Waals surface area contributed by atoms with E-state index in [1.165, 1.54) is 7.11 Å². The van der Waals surface area contributed by atoms with Crippen molar-refractivity contribution in [3.8, 4) is 5.75 Å². The summed E-state index contributed by atoms with van der Waals surface area (Å²) in [6.07, 6.45) is 2.45. The van der Waals surface area contributed by atoms with Gasteiger partial charge in [0.2, 0.25) is 9.84 Å². The third-order valence-corrected chi connectivity index (χ3v) is 7.19. The second-order valence-corrected chi connectivity index (χ2v) is 8.98. The first-order valence-electron chi connectivity index (χ1n) is 9.13. The predicted molar refractivity (Wildman–Crippen MR) is 114 cm³/mol. The standard InChI is InChI=1S/C21H20N2O4S.ClH/c1-23-12-20(14-5-3-4-6-17(14)23)28(24,25)13-9-15-16-11-22-8-7-18(16)27-21(15)19(10-13)26-2;/h3-6,9-10,12,22H,7-8,11H2,1-2H3;1H. The Morgan fingerprint density at radius 3 is 2.76 bits per heavy atom. The molecule has 1 aliphatic rings. The van der Waals surface area contributed by atoms with E-state index in [-0.39, 0.29) is 17.3 Å². The molecule has 152 valence electrons. The molecule has 0 saturated carbocycles. The first kappa shape index (κ1) is 19.8. The zero-order valence-electron chi connectivity index (χ0n) is 16.1. The van der Waals surface area contributed by atoms with Crippen LogP contribution in [0.4, 0.5) is 0 Å². The van der Waals surface area contributed by atoms with Crippen LogP contribution in [0.1, 0.15) is 11.3 Å². The second-order valence-electron chi connectivity index (χ2n) is 7.06. The van der Waals surface area contributed by atoms with Crippen LogP contribution in [-0.2, 0) is 29.9 Å². The number of ether oxygens (including phenoxy) is 1. The van der Waals surface area contributed by atoms with Gasteiger partial charge >= 0.3 is 0 Å². The number of para-hydroxylation sites is 1. The average Bonchev–Trinajstić information content (AvgIpc) is 3.26. The lowest BCUT2D eigenvalue weighted by molar-refractivity contribution is 0.404. The van der Waals surface area contributed by atoms with E-state index in [2.05, 4.69) is 5.32 Å². The van der Waals surface area contributed by atoms with E-state index in [0.717, 1.165) is 35.2 Å². The number of halogens is 1. The molecule has 29 heavy (non-hydrogen) atoms. The molecule has 1 aliphatic heterocycles. The molecule has 6 nitrogen and oxygen atoms in total. The van der Waals surface area contributed by atoms with Crippen LogP contribution in [-0.4, -0.2) is 26.6 Å². The van der Waals surface area contributed by atoms with Crippen molar-refractivity contribution < 1.29 is 17.6 Å².